The Hall–Kier alpha value is -0.160. The second kappa shape index (κ2) is 8.07. The molecule has 4 rings (SSSR count). The zero-order chi connectivity index (χ0) is 20.9. The molecule has 4 nitrogen and oxygen atoms in total. The van der Waals surface area contributed by atoms with Crippen molar-refractivity contribution in [2.45, 2.75) is 89.4 Å². The summed E-state index contributed by atoms with van der Waals surface area (Å²) in [7, 11) is 6.60. The summed E-state index contributed by atoms with van der Waals surface area (Å²) in [4.78, 5) is 4.78. The maximum absolute atomic E-state index is 7.00. The highest BCUT2D eigenvalue weighted by Gasteiger charge is 2.73. The van der Waals surface area contributed by atoms with Crippen LogP contribution in [0.1, 0.15) is 72.1 Å². The van der Waals surface area contributed by atoms with Crippen LogP contribution in [0.3, 0.4) is 0 Å². The van der Waals surface area contributed by atoms with E-state index in [4.69, 9.17) is 4.74 Å². The maximum atomic E-state index is 7.00. The van der Waals surface area contributed by atoms with Crippen LogP contribution < -0.4 is 5.32 Å². The number of fused-ring (bicyclic) bond motifs is 2. The largest absolute Gasteiger partial charge is 0.367 e. The Morgan fingerprint density at radius 3 is 2.48 bits per heavy atom. The van der Waals surface area contributed by atoms with Crippen molar-refractivity contribution in [1.29, 1.82) is 0 Å². The first-order valence-corrected chi connectivity index (χ1v) is 12.5. The molecule has 3 bridgehead atoms. The average Bonchev–Trinajstić information content (AvgIpc) is 3.02. The number of hydrogen-bond acceptors (Lipinski definition) is 4. The number of unbranched alkanes of at least 4 members (excludes halogenated alkanes) is 1. The summed E-state index contributed by atoms with van der Waals surface area (Å²) < 4.78 is 7.00. The molecule has 3 aliphatic carbocycles. The van der Waals surface area contributed by atoms with E-state index in [-0.39, 0.29) is 11.2 Å². The van der Waals surface area contributed by atoms with Gasteiger partial charge in [0.15, 0.2) is 0 Å². The highest BCUT2D eigenvalue weighted by molar-refractivity contribution is 5.24. The Morgan fingerprint density at radius 1 is 0.966 bits per heavy atom. The quantitative estimate of drug-likeness (QED) is 0.556. The third-order valence-electron chi connectivity index (χ3n) is 9.68. The van der Waals surface area contributed by atoms with E-state index < -0.39 is 0 Å². The molecular weight excluding hydrogens is 358 g/mol. The lowest BCUT2D eigenvalue weighted by molar-refractivity contribution is -0.115. The van der Waals surface area contributed by atoms with Crippen LogP contribution in [0.4, 0.5) is 0 Å². The van der Waals surface area contributed by atoms with Gasteiger partial charge in [0.1, 0.15) is 0 Å². The second-order valence-electron chi connectivity index (χ2n) is 11.8. The molecule has 7 atom stereocenters. The molecule has 29 heavy (non-hydrogen) atoms. The highest BCUT2D eigenvalue weighted by atomic mass is 16.5. The summed E-state index contributed by atoms with van der Waals surface area (Å²) in [6, 6.07) is 0.564. The van der Waals surface area contributed by atoms with Gasteiger partial charge in [0.2, 0.25) is 0 Å². The molecule has 3 saturated carbocycles. The average molecular weight is 406 g/mol. The molecule has 0 amide bonds. The van der Waals surface area contributed by atoms with Crippen molar-refractivity contribution in [2.75, 3.05) is 47.3 Å². The van der Waals surface area contributed by atoms with E-state index in [1.165, 1.54) is 71.0 Å². The summed E-state index contributed by atoms with van der Waals surface area (Å²) in [6.45, 7) is 12.2. The Kier molecular flexibility index (Phi) is 6.14. The Balaban J connectivity index is 1.28. The van der Waals surface area contributed by atoms with E-state index in [1.807, 2.05) is 0 Å². The smallest absolute Gasteiger partial charge is 0.0851 e. The van der Waals surface area contributed by atoms with Gasteiger partial charge in [0.25, 0.3) is 0 Å². The Morgan fingerprint density at radius 2 is 1.72 bits per heavy atom. The number of hydrogen-bond donors (Lipinski definition) is 1. The lowest BCUT2D eigenvalue weighted by atomic mass is 9.49. The SMILES string of the molecule is C[C@@H]1CC[C@@H]2[C@]13CC[C@@]1(C)O[C@@]2(C)[C@@H](NCCCCN(C)CCCN(C)C)[C@@H]1C3. The fourth-order valence-corrected chi connectivity index (χ4v) is 8.08. The molecule has 1 N–H and O–H groups in total. The Labute approximate surface area is 180 Å². The van der Waals surface area contributed by atoms with Crippen molar-refractivity contribution in [1.82, 2.24) is 15.1 Å². The van der Waals surface area contributed by atoms with Crippen molar-refractivity contribution in [3.05, 3.63) is 0 Å². The molecule has 1 spiro atoms. The molecule has 0 aromatic heterocycles. The van der Waals surface area contributed by atoms with Crippen LogP contribution in [0.5, 0.6) is 0 Å². The fraction of sp³-hybridized carbons (Fsp3) is 1.00. The predicted octanol–water partition coefficient (Wildman–Crippen LogP) is 4.00. The minimum Gasteiger partial charge on any atom is -0.367 e. The first-order valence-electron chi connectivity index (χ1n) is 12.5. The summed E-state index contributed by atoms with van der Waals surface area (Å²) in [5.74, 6) is 2.38. The molecule has 0 aromatic carbocycles. The van der Waals surface area contributed by atoms with Gasteiger partial charge in [0.05, 0.1) is 11.2 Å². The van der Waals surface area contributed by atoms with Gasteiger partial charge >= 0.3 is 0 Å². The van der Waals surface area contributed by atoms with E-state index >= 15 is 0 Å². The molecule has 1 heterocycles. The molecule has 0 aromatic rings. The van der Waals surface area contributed by atoms with E-state index in [9.17, 15) is 0 Å². The molecule has 168 valence electrons. The monoisotopic (exact) mass is 405 g/mol. The summed E-state index contributed by atoms with van der Waals surface area (Å²) >= 11 is 0. The molecule has 0 radical (unpaired) electrons. The van der Waals surface area contributed by atoms with Gasteiger partial charge in [-0.15, -0.1) is 0 Å². The summed E-state index contributed by atoms with van der Waals surface area (Å²) in [6.07, 6.45) is 10.7. The predicted molar refractivity (Wildman–Crippen MR) is 121 cm³/mol. The van der Waals surface area contributed by atoms with Crippen LogP contribution in [-0.2, 0) is 4.74 Å². The lowest BCUT2D eigenvalue weighted by Crippen LogP contribution is -2.62. The van der Waals surface area contributed by atoms with E-state index in [0.29, 0.717) is 17.4 Å². The number of nitrogens with zero attached hydrogens (tertiary/aromatic N) is 2. The van der Waals surface area contributed by atoms with Gasteiger partial charge in [-0.05, 0) is 130 Å². The standard InChI is InChI=1S/C25H47N3O/c1-19-10-11-21-24(3)22(20-18-25(19,21)13-12-23(20,2)29-24)26-14-7-8-16-28(6)17-9-15-27(4)5/h19-22,26H,7-18H2,1-6H3/t19-,20+,21+,22+,23-,24-,25+/m1/s1. The van der Waals surface area contributed by atoms with Crippen LogP contribution in [0.15, 0.2) is 0 Å². The number of nitrogens with one attached hydrogen (secondary N) is 1. The van der Waals surface area contributed by atoms with Crippen LogP contribution in [-0.4, -0.2) is 74.4 Å². The van der Waals surface area contributed by atoms with Gasteiger partial charge in [0, 0.05) is 12.0 Å². The van der Waals surface area contributed by atoms with Crippen LogP contribution in [0, 0.1) is 23.2 Å². The van der Waals surface area contributed by atoms with Gasteiger partial charge < -0.3 is 19.9 Å². The van der Waals surface area contributed by atoms with Crippen LogP contribution in [0.2, 0.25) is 0 Å². The molecule has 4 aliphatic rings. The highest BCUT2D eigenvalue weighted by Crippen LogP contribution is 2.72. The van der Waals surface area contributed by atoms with Gasteiger partial charge in [-0.3, -0.25) is 0 Å². The topological polar surface area (TPSA) is 27.7 Å². The summed E-state index contributed by atoms with van der Waals surface area (Å²) in [5, 5.41) is 4.04. The van der Waals surface area contributed by atoms with E-state index in [1.54, 1.807) is 0 Å². The molecular formula is C25H47N3O. The third-order valence-corrected chi connectivity index (χ3v) is 9.68. The molecule has 4 heteroatoms. The molecule has 1 aliphatic heterocycles. The lowest BCUT2D eigenvalue weighted by Gasteiger charge is -2.55. The normalized spacial score (nSPS) is 45.5. The molecule has 4 fully saturated rings. The van der Waals surface area contributed by atoms with Crippen LogP contribution >= 0.6 is 0 Å². The van der Waals surface area contributed by atoms with Crippen molar-refractivity contribution in [3.8, 4) is 0 Å². The summed E-state index contributed by atoms with van der Waals surface area (Å²) in [5.41, 5.74) is 0.763. The number of ether oxygens (including phenoxy) is 1. The van der Waals surface area contributed by atoms with Crippen molar-refractivity contribution < 1.29 is 4.74 Å². The Bertz CT molecular complexity index is 582. The minimum atomic E-state index is 0.0574. The van der Waals surface area contributed by atoms with Crippen molar-refractivity contribution in [2.24, 2.45) is 23.2 Å². The van der Waals surface area contributed by atoms with Gasteiger partial charge in [-0.1, -0.05) is 6.92 Å². The van der Waals surface area contributed by atoms with Crippen molar-refractivity contribution in [3.63, 3.8) is 0 Å². The zero-order valence-corrected chi connectivity index (χ0v) is 20.1. The second-order valence-corrected chi connectivity index (χ2v) is 11.8. The van der Waals surface area contributed by atoms with E-state index in [2.05, 4.69) is 57.0 Å². The van der Waals surface area contributed by atoms with Gasteiger partial charge in [-0.25, -0.2) is 0 Å². The third kappa shape index (κ3) is 3.70. The van der Waals surface area contributed by atoms with Crippen LogP contribution in [0.25, 0.3) is 0 Å². The van der Waals surface area contributed by atoms with Crippen molar-refractivity contribution >= 4 is 0 Å². The zero-order valence-electron chi connectivity index (χ0n) is 20.1. The first kappa shape index (κ1) is 22.0. The maximum Gasteiger partial charge on any atom is 0.0851 e. The molecule has 0 unspecified atom stereocenters. The van der Waals surface area contributed by atoms with Gasteiger partial charge in [-0.2, -0.15) is 0 Å². The molecule has 1 saturated heterocycles. The number of rotatable bonds is 10. The first-order chi connectivity index (χ1) is 13.7. The minimum absolute atomic E-state index is 0.0574. The fourth-order valence-electron chi connectivity index (χ4n) is 8.08. The van der Waals surface area contributed by atoms with E-state index in [0.717, 1.165) is 18.4 Å².